The molecular weight excluding hydrogens is 416 g/mol. The smallest absolute Gasteiger partial charge is 0.264 e. The highest BCUT2D eigenvalue weighted by molar-refractivity contribution is 6.02. The maximum Gasteiger partial charge on any atom is 0.264 e. The predicted molar refractivity (Wildman–Crippen MR) is 128 cm³/mol. The van der Waals surface area contributed by atoms with Gasteiger partial charge in [0.25, 0.3) is 5.91 Å². The molecule has 1 aromatic heterocycles. The summed E-state index contributed by atoms with van der Waals surface area (Å²) in [5.41, 5.74) is 3.04. The molecule has 0 radical (unpaired) electrons. The van der Waals surface area contributed by atoms with Gasteiger partial charge in [-0.25, -0.2) is 0 Å². The van der Waals surface area contributed by atoms with E-state index >= 15 is 0 Å². The zero-order chi connectivity index (χ0) is 24.0. The summed E-state index contributed by atoms with van der Waals surface area (Å²) < 4.78 is 7.46. The molecule has 180 valence electrons. The van der Waals surface area contributed by atoms with Crippen molar-refractivity contribution < 1.29 is 14.3 Å². The topological polar surface area (TPSA) is 87.4 Å². The first-order valence-corrected chi connectivity index (χ1v) is 12.2. The Balaban J connectivity index is 1.71. The van der Waals surface area contributed by atoms with Crippen LogP contribution in [0.3, 0.4) is 0 Å². The van der Waals surface area contributed by atoms with Gasteiger partial charge < -0.3 is 19.5 Å². The number of carbonyl (C=O) groups excluding carboxylic acids is 2. The summed E-state index contributed by atoms with van der Waals surface area (Å²) in [7, 11) is 1.68. The number of carbonyl (C=O) groups is 2. The molecule has 3 rings (SSSR count). The molecule has 1 N–H and O–H groups in total. The second-order valence-corrected chi connectivity index (χ2v) is 9.60. The van der Waals surface area contributed by atoms with E-state index in [0.29, 0.717) is 19.7 Å². The van der Waals surface area contributed by atoms with E-state index in [1.54, 1.807) is 18.1 Å². The molecule has 2 unspecified atom stereocenters. The van der Waals surface area contributed by atoms with Gasteiger partial charge in [0.05, 0.1) is 18.6 Å². The molecule has 0 spiro atoms. The number of nitrogens with zero attached hydrogens (tertiary/aromatic N) is 3. The van der Waals surface area contributed by atoms with Crippen molar-refractivity contribution >= 4 is 17.9 Å². The van der Waals surface area contributed by atoms with Gasteiger partial charge in [-0.15, -0.1) is 0 Å². The molecular formula is C26H38N4O3. The van der Waals surface area contributed by atoms with E-state index in [1.165, 1.54) is 19.3 Å². The first-order valence-electron chi connectivity index (χ1n) is 12.2. The van der Waals surface area contributed by atoms with E-state index < -0.39 is 0 Å². The number of nitrogens with one attached hydrogen (secondary N) is 1. The quantitative estimate of drug-likeness (QED) is 0.500. The molecule has 2 fully saturated rings. The molecule has 0 aromatic carbocycles. The summed E-state index contributed by atoms with van der Waals surface area (Å²) in [4.78, 5) is 27.7. The summed E-state index contributed by atoms with van der Waals surface area (Å²) in [6, 6.07) is 4.53. The number of aryl methyl sites for hydroxylation is 1. The molecule has 7 nitrogen and oxygen atoms in total. The van der Waals surface area contributed by atoms with Crippen LogP contribution in [0.2, 0.25) is 0 Å². The van der Waals surface area contributed by atoms with Crippen LogP contribution in [0.4, 0.5) is 0 Å². The van der Waals surface area contributed by atoms with Crippen LogP contribution in [0.25, 0.3) is 6.08 Å². The Morgan fingerprint density at radius 1 is 1.24 bits per heavy atom. The van der Waals surface area contributed by atoms with Crippen LogP contribution in [0.1, 0.15) is 74.9 Å². The average Bonchev–Trinajstić information content (AvgIpc) is 3.10. The number of piperidine rings is 1. The fourth-order valence-electron chi connectivity index (χ4n) is 5.35. The summed E-state index contributed by atoms with van der Waals surface area (Å²) in [6.45, 7) is 7.64. The van der Waals surface area contributed by atoms with E-state index in [9.17, 15) is 14.9 Å². The lowest BCUT2D eigenvalue weighted by molar-refractivity contribution is -0.132. The van der Waals surface area contributed by atoms with Crippen LogP contribution in [0.15, 0.2) is 11.6 Å². The molecule has 33 heavy (non-hydrogen) atoms. The Hall–Kier alpha value is -2.59. The number of hydrogen-bond acceptors (Lipinski definition) is 4. The van der Waals surface area contributed by atoms with Crippen LogP contribution in [-0.2, 0) is 14.3 Å². The van der Waals surface area contributed by atoms with Crippen molar-refractivity contribution in [1.29, 1.82) is 5.26 Å². The summed E-state index contributed by atoms with van der Waals surface area (Å²) in [6.07, 6.45) is 8.92. The van der Waals surface area contributed by atoms with Crippen molar-refractivity contribution in [2.45, 2.75) is 77.8 Å². The molecule has 2 atom stereocenters. The van der Waals surface area contributed by atoms with Crippen molar-refractivity contribution in [3.05, 3.63) is 28.6 Å². The Labute approximate surface area is 197 Å². The lowest BCUT2D eigenvalue weighted by Gasteiger charge is -2.33. The van der Waals surface area contributed by atoms with Gasteiger partial charge in [0.2, 0.25) is 5.91 Å². The second-order valence-electron chi connectivity index (χ2n) is 9.60. The summed E-state index contributed by atoms with van der Waals surface area (Å²) >= 11 is 0. The SMILES string of the molecule is COCC(C)n1c(C)cc(/C=C(\C#N)C(=O)N2CCCC(C(=O)NC3CCCCC3)C2)c1C. The van der Waals surface area contributed by atoms with Gasteiger partial charge in [-0.1, -0.05) is 19.3 Å². The van der Waals surface area contributed by atoms with Gasteiger partial charge >= 0.3 is 0 Å². The van der Waals surface area contributed by atoms with E-state index in [2.05, 4.69) is 22.9 Å². The van der Waals surface area contributed by atoms with Gasteiger partial charge in [0.1, 0.15) is 11.6 Å². The van der Waals surface area contributed by atoms with Gasteiger partial charge in [-0.2, -0.15) is 5.26 Å². The van der Waals surface area contributed by atoms with E-state index in [0.717, 1.165) is 42.6 Å². The zero-order valence-electron chi connectivity index (χ0n) is 20.5. The number of methoxy groups -OCH3 is 1. The third-order valence-electron chi connectivity index (χ3n) is 7.05. The molecule has 1 saturated carbocycles. The van der Waals surface area contributed by atoms with Crippen molar-refractivity contribution in [1.82, 2.24) is 14.8 Å². The molecule has 1 aromatic rings. The Bertz CT molecular complexity index is 921. The summed E-state index contributed by atoms with van der Waals surface area (Å²) in [5.74, 6) is -0.440. The fourth-order valence-corrected chi connectivity index (χ4v) is 5.35. The maximum atomic E-state index is 13.2. The average molecular weight is 455 g/mol. The largest absolute Gasteiger partial charge is 0.383 e. The normalized spacial score (nSPS) is 20.9. The molecule has 2 amide bonds. The predicted octanol–water partition coefficient (Wildman–Crippen LogP) is 3.91. The van der Waals surface area contributed by atoms with Crippen LogP contribution in [0.5, 0.6) is 0 Å². The van der Waals surface area contributed by atoms with E-state index in [4.69, 9.17) is 4.74 Å². The lowest BCUT2D eigenvalue weighted by atomic mass is 9.92. The van der Waals surface area contributed by atoms with Crippen molar-refractivity contribution in [2.24, 2.45) is 5.92 Å². The number of ether oxygens (including phenoxy) is 1. The Kier molecular flexibility index (Phi) is 8.74. The number of hydrogen-bond donors (Lipinski definition) is 1. The highest BCUT2D eigenvalue weighted by Gasteiger charge is 2.31. The minimum atomic E-state index is -0.289. The zero-order valence-corrected chi connectivity index (χ0v) is 20.5. The lowest BCUT2D eigenvalue weighted by Crippen LogP contribution is -2.48. The minimum absolute atomic E-state index is 0.0533. The molecule has 1 saturated heterocycles. The third kappa shape index (κ3) is 6.05. The molecule has 1 aliphatic heterocycles. The molecule has 2 heterocycles. The summed E-state index contributed by atoms with van der Waals surface area (Å²) in [5, 5.41) is 13.0. The van der Waals surface area contributed by atoms with E-state index in [1.807, 2.05) is 19.9 Å². The molecule has 0 bridgehead atoms. The second kappa shape index (κ2) is 11.5. The Morgan fingerprint density at radius 3 is 2.64 bits per heavy atom. The number of rotatable bonds is 7. The molecule has 1 aliphatic carbocycles. The van der Waals surface area contributed by atoms with Gasteiger partial charge in [-0.05, 0) is 64.2 Å². The van der Waals surface area contributed by atoms with Crippen molar-refractivity contribution in [3.8, 4) is 6.07 Å². The van der Waals surface area contributed by atoms with Crippen LogP contribution in [-0.4, -0.2) is 54.1 Å². The van der Waals surface area contributed by atoms with Crippen molar-refractivity contribution in [3.63, 3.8) is 0 Å². The standard InChI is InChI=1S/C26H38N4O3/c1-18-13-22(20(3)30(18)19(2)17-33-4)14-23(15-27)26(32)29-12-8-9-21(16-29)25(31)28-24-10-6-5-7-11-24/h13-14,19,21,24H,5-12,16-17H2,1-4H3,(H,28,31)/b23-14+. The van der Waals surface area contributed by atoms with Crippen LogP contribution in [0, 0.1) is 31.1 Å². The third-order valence-corrected chi connectivity index (χ3v) is 7.05. The van der Waals surface area contributed by atoms with Crippen LogP contribution >= 0.6 is 0 Å². The molecule has 2 aliphatic rings. The minimum Gasteiger partial charge on any atom is -0.383 e. The highest BCUT2D eigenvalue weighted by atomic mass is 16.5. The maximum absolute atomic E-state index is 13.2. The fraction of sp³-hybridized carbons (Fsp3) is 0.654. The highest BCUT2D eigenvalue weighted by Crippen LogP contribution is 2.25. The number of likely N-dealkylation sites (tertiary alicyclic amines) is 1. The number of nitriles is 1. The Morgan fingerprint density at radius 2 is 1.97 bits per heavy atom. The number of aromatic nitrogens is 1. The molecule has 7 heteroatoms. The monoisotopic (exact) mass is 454 g/mol. The van der Waals surface area contributed by atoms with Crippen LogP contribution < -0.4 is 5.32 Å². The van der Waals surface area contributed by atoms with Crippen molar-refractivity contribution in [2.75, 3.05) is 26.8 Å². The van der Waals surface area contributed by atoms with E-state index in [-0.39, 0.29) is 35.4 Å². The van der Waals surface area contributed by atoms with Gasteiger partial charge in [0.15, 0.2) is 0 Å². The van der Waals surface area contributed by atoms with Gasteiger partial charge in [0, 0.05) is 37.6 Å². The first-order chi connectivity index (χ1) is 15.8. The van der Waals surface area contributed by atoms with Gasteiger partial charge in [-0.3, -0.25) is 9.59 Å². The first kappa shape index (κ1) is 25.0. The number of amides is 2.